The predicted molar refractivity (Wildman–Crippen MR) is 148 cm³/mol. The lowest BCUT2D eigenvalue weighted by Crippen LogP contribution is -2.47. The number of amides is 2. The third kappa shape index (κ3) is 7.17. The van der Waals surface area contributed by atoms with Crippen molar-refractivity contribution >= 4 is 53.0 Å². The maximum Gasteiger partial charge on any atom is 0.407 e. The molecule has 0 bridgehead atoms. The number of ether oxygens (including phenoxy) is 2. The number of likely N-dealkylation sites (tertiary alicyclic amines) is 1. The fraction of sp³-hybridized carbons (Fsp3) is 0.444. The fourth-order valence-electron chi connectivity index (χ4n) is 4.40. The summed E-state index contributed by atoms with van der Waals surface area (Å²) in [4.78, 5) is 47.7. The minimum atomic E-state index is -0.565. The number of nitrogens with zero attached hydrogens (tertiary/aromatic N) is 3. The number of fused-ring (bicyclic) bond motifs is 1. The molecule has 12 heteroatoms. The van der Waals surface area contributed by atoms with Crippen molar-refractivity contribution in [2.75, 3.05) is 37.4 Å². The molecule has 3 N–H and O–H groups in total. The molecule has 2 aliphatic heterocycles. The van der Waals surface area contributed by atoms with Crippen molar-refractivity contribution < 1.29 is 23.9 Å². The molecule has 1 aromatic heterocycles. The number of benzene rings is 1. The highest BCUT2D eigenvalue weighted by Gasteiger charge is 2.27. The highest BCUT2D eigenvalue weighted by Crippen LogP contribution is 2.31. The molecule has 0 spiro atoms. The second kappa shape index (κ2) is 11.9. The Labute approximate surface area is 232 Å². The Morgan fingerprint density at radius 3 is 2.56 bits per heavy atom. The summed E-state index contributed by atoms with van der Waals surface area (Å²) in [5.74, 6) is 0.488. The number of piperidine rings is 1. The first-order chi connectivity index (χ1) is 18.5. The van der Waals surface area contributed by atoms with E-state index in [4.69, 9.17) is 21.1 Å². The van der Waals surface area contributed by atoms with Gasteiger partial charge in [-0.15, -0.1) is 0 Å². The third-order valence-corrected chi connectivity index (χ3v) is 6.61. The Morgan fingerprint density at radius 1 is 1.15 bits per heavy atom. The summed E-state index contributed by atoms with van der Waals surface area (Å²) < 4.78 is 10.2. The first-order valence-corrected chi connectivity index (χ1v) is 13.1. The zero-order valence-electron chi connectivity index (χ0n) is 22.5. The van der Waals surface area contributed by atoms with Crippen molar-refractivity contribution in [1.82, 2.24) is 20.2 Å². The molecule has 1 fully saturated rings. The fourth-order valence-corrected chi connectivity index (χ4v) is 4.66. The summed E-state index contributed by atoms with van der Waals surface area (Å²) in [6.45, 7) is 6.96. The van der Waals surface area contributed by atoms with Gasteiger partial charge in [-0.25, -0.2) is 19.6 Å². The summed E-state index contributed by atoms with van der Waals surface area (Å²) in [6.07, 6.45) is 4.41. The standard InChI is InChI=1S/C27H33ClN6O5/c1-27(2,3)39-26(37)33-17-8-11-34(12-9-17)24(35)19-6-5-18(14-21(19)28)32-23-20-13-16(25(36)38-4)7-10-29-22(20)30-15-31-23/h5-6,13-15,17H,7-12H2,1-4H3,(H,33,37)(H2,29,30,31,32). The largest absolute Gasteiger partial charge is 0.466 e. The van der Waals surface area contributed by atoms with Crippen LogP contribution in [0.2, 0.25) is 5.02 Å². The lowest BCUT2D eigenvalue weighted by Gasteiger charge is -2.33. The first-order valence-electron chi connectivity index (χ1n) is 12.8. The van der Waals surface area contributed by atoms with E-state index in [-0.39, 0.29) is 11.9 Å². The second-order valence-corrected chi connectivity index (χ2v) is 10.8. The van der Waals surface area contributed by atoms with E-state index >= 15 is 0 Å². The van der Waals surface area contributed by atoms with E-state index in [0.717, 1.165) is 0 Å². The van der Waals surface area contributed by atoms with Crippen molar-refractivity contribution in [2.24, 2.45) is 0 Å². The number of esters is 1. The number of aromatic nitrogens is 2. The Kier molecular flexibility index (Phi) is 8.59. The molecule has 0 saturated carbocycles. The van der Waals surface area contributed by atoms with Crippen LogP contribution in [0.4, 0.5) is 22.1 Å². The van der Waals surface area contributed by atoms with Crippen molar-refractivity contribution in [1.29, 1.82) is 0 Å². The smallest absolute Gasteiger partial charge is 0.407 e. The molecule has 39 heavy (non-hydrogen) atoms. The zero-order chi connectivity index (χ0) is 28.2. The van der Waals surface area contributed by atoms with Crippen LogP contribution in [-0.4, -0.2) is 71.2 Å². The van der Waals surface area contributed by atoms with Gasteiger partial charge in [-0.05, 0) is 64.3 Å². The molecule has 2 aliphatic rings. The number of alkyl carbamates (subject to hydrolysis) is 1. The lowest BCUT2D eigenvalue weighted by molar-refractivity contribution is -0.136. The summed E-state index contributed by atoms with van der Waals surface area (Å²) >= 11 is 6.54. The number of methoxy groups -OCH3 is 1. The van der Waals surface area contributed by atoms with Crippen molar-refractivity contribution in [3.63, 3.8) is 0 Å². The number of hydrogen-bond acceptors (Lipinski definition) is 9. The molecule has 2 amide bonds. The number of anilines is 3. The van der Waals surface area contributed by atoms with Crippen molar-refractivity contribution in [3.8, 4) is 0 Å². The van der Waals surface area contributed by atoms with Crippen LogP contribution in [0, 0.1) is 0 Å². The SMILES string of the molecule is COC(=O)C1=Cc2c(ncnc2Nc2ccc(C(=O)N3CCC(NC(=O)OC(C)(C)C)CC3)c(Cl)c2)NCC1. The van der Waals surface area contributed by atoms with Crippen LogP contribution in [-0.2, 0) is 14.3 Å². The third-order valence-electron chi connectivity index (χ3n) is 6.30. The molecule has 0 unspecified atom stereocenters. The van der Waals surface area contributed by atoms with Gasteiger partial charge in [0.05, 0.1) is 23.3 Å². The molecule has 2 aromatic rings. The Morgan fingerprint density at radius 2 is 1.90 bits per heavy atom. The van der Waals surface area contributed by atoms with Gasteiger partial charge in [0.1, 0.15) is 23.6 Å². The van der Waals surface area contributed by atoms with Gasteiger partial charge in [0, 0.05) is 36.9 Å². The average molecular weight is 557 g/mol. The van der Waals surface area contributed by atoms with E-state index in [1.807, 2.05) is 20.8 Å². The summed E-state index contributed by atoms with van der Waals surface area (Å²) in [5.41, 5.74) is 1.57. The van der Waals surface area contributed by atoms with E-state index in [9.17, 15) is 14.4 Å². The first kappa shape index (κ1) is 28.2. The number of halogens is 1. The van der Waals surface area contributed by atoms with Gasteiger partial charge in [0.15, 0.2) is 0 Å². The zero-order valence-corrected chi connectivity index (χ0v) is 23.2. The van der Waals surface area contributed by atoms with Gasteiger partial charge in [-0.1, -0.05) is 11.6 Å². The monoisotopic (exact) mass is 556 g/mol. The molecule has 3 heterocycles. The van der Waals surface area contributed by atoms with Gasteiger partial charge in [0.25, 0.3) is 5.91 Å². The van der Waals surface area contributed by atoms with Gasteiger partial charge in [-0.2, -0.15) is 0 Å². The normalized spacial score (nSPS) is 15.7. The summed E-state index contributed by atoms with van der Waals surface area (Å²) in [5, 5.41) is 9.58. The number of carbonyl (C=O) groups is 3. The lowest BCUT2D eigenvalue weighted by atomic mass is 10.0. The topological polar surface area (TPSA) is 135 Å². The number of hydrogen-bond donors (Lipinski definition) is 3. The highest BCUT2D eigenvalue weighted by molar-refractivity contribution is 6.34. The van der Waals surface area contributed by atoms with E-state index in [1.165, 1.54) is 13.4 Å². The number of carbonyl (C=O) groups excluding carboxylic acids is 3. The molecule has 11 nitrogen and oxygen atoms in total. The number of nitrogens with one attached hydrogen (secondary N) is 3. The van der Waals surface area contributed by atoms with Crippen LogP contribution in [0.25, 0.3) is 6.08 Å². The van der Waals surface area contributed by atoms with Crippen LogP contribution in [0.15, 0.2) is 30.1 Å². The second-order valence-electron chi connectivity index (χ2n) is 10.4. The van der Waals surface area contributed by atoms with Crippen LogP contribution < -0.4 is 16.0 Å². The Hall–Kier alpha value is -3.86. The molecule has 4 rings (SSSR count). The minimum absolute atomic E-state index is 0.0582. The van der Waals surface area contributed by atoms with E-state index in [0.29, 0.717) is 77.9 Å². The number of rotatable bonds is 5. The van der Waals surface area contributed by atoms with Crippen LogP contribution in [0.3, 0.4) is 0 Å². The predicted octanol–water partition coefficient (Wildman–Crippen LogP) is 4.37. The van der Waals surface area contributed by atoms with E-state index in [2.05, 4.69) is 25.9 Å². The van der Waals surface area contributed by atoms with Crippen LogP contribution in [0.1, 0.15) is 56.0 Å². The summed E-state index contributed by atoms with van der Waals surface area (Å²) in [6, 6.07) is 5.03. The van der Waals surface area contributed by atoms with E-state index < -0.39 is 17.7 Å². The Bertz CT molecular complexity index is 1280. The molecular weight excluding hydrogens is 524 g/mol. The van der Waals surface area contributed by atoms with Gasteiger partial charge in [-0.3, -0.25) is 4.79 Å². The van der Waals surface area contributed by atoms with Crippen LogP contribution >= 0.6 is 11.6 Å². The van der Waals surface area contributed by atoms with Gasteiger partial charge < -0.3 is 30.3 Å². The molecular formula is C27H33ClN6O5. The summed E-state index contributed by atoms with van der Waals surface area (Å²) in [7, 11) is 1.34. The van der Waals surface area contributed by atoms with Crippen LogP contribution in [0.5, 0.6) is 0 Å². The molecule has 1 aromatic carbocycles. The molecule has 0 aliphatic carbocycles. The quantitative estimate of drug-likeness (QED) is 0.458. The van der Waals surface area contributed by atoms with Gasteiger partial charge >= 0.3 is 12.1 Å². The minimum Gasteiger partial charge on any atom is -0.466 e. The highest BCUT2D eigenvalue weighted by atomic mass is 35.5. The molecule has 0 atom stereocenters. The van der Waals surface area contributed by atoms with Crippen molar-refractivity contribution in [2.45, 2.75) is 51.7 Å². The Balaban J connectivity index is 1.42. The van der Waals surface area contributed by atoms with Crippen molar-refractivity contribution in [3.05, 3.63) is 46.2 Å². The molecule has 0 radical (unpaired) electrons. The van der Waals surface area contributed by atoms with Gasteiger partial charge in [0.2, 0.25) is 0 Å². The maximum atomic E-state index is 13.2. The van der Waals surface area contributed by atoms with E-state index in [1.54, 1.807) is 29.2 Å². The average Bonchev–Trinajstić information content (AvgIpc) is 3.11. The maximum absolute atomic E-state index is 13.2. The molecule has 208 valence electrons. The molecule has 1 saturated heterocycles.